The monoisotopic (exact) mass is 453 g/mol. The molecule has 0 radical (unpaired) electrons. The number of halogens is 1. The Bertz CT molecular complexity index is 1290. The maximum Gasteiger partial charge on any atom is 0.275 e. The Morgan fingerprint density at radius 2 is 1.90 bits per heavy atom. The van der Waals surface area contributed by atoms with Crippen LogP contribution in [0, 0.1) is 0 Å². The number of piperidine rings is 1. The lowest BCUT2D eigenvalue weighted by molar-refractivity contribution is -0.116. The van der Waals surface area contributed by atoms with Gasteiger partial charge in [0.15, 0.2) is 10.8 Å². The number of amides is 2. The Hall–Kier alpha value is -2.97. The smallest absolute Gasteiger partial charge is 0.275 e. The lowest BCUT2D eigenvalue weighted by Crippen LogP contribution is -2.36. The van der Waals surface area contributed by atoms with E-state index < -0.39 is 0 Å². The zero-order chi connectivity index (χ0) is 21.4. The number of para-hydroxylation sites is 1. The first-order valence-corrected chi connectivity index (χ1v) is 11.4. The molecule has 158 valence electrons. The summed E-state index contributed by atoms with van der Waals surface area (Å²) in [6.07, 6.45) is 3.18. The molecule has 1 saturated heterocycles. The highest BCUT2D eigenvalue weighted by molar-refractivity contribution is 7.22. The van der Waals surface area contributed by atoms with Crippen LogP contribution in [-0.4, -0.2) is 44.6 Å². The average Bonchev–Trinajstić information content (AvgIpc) is 3.34. The summed E-state index contributed by atoms with van der Waals surface area (Å²) in [6, 6.07) is 12.9. The molecule has 1 aliphatic heterocycles. The molecule has 4 aromatic rings. The molecule has 2 aromatic heterocycles. The molecule has 0 bridgehead atoms. The summed E-state index contributed by atoms with van der Waals surface area (Å²) in [6.45, 7) is 1.49. The number of carbonyl (C=O) groups is 2. The number of hydrogen-bond donors (Lipinski definition) is 1. The normalized spacial score (nSPS) is 14.3. The number of anilines is 1. The molecule has 1 aliphatic rings. The Kier molecular flexibility index (Phi) is 5.33. The highest BCUT2D eigenvalue weighted by Crippen LogP contribution is 2.28. The summed E-state index contributed by atoms with van der Waals surface area (Å²) < 4.78 is 2.49. The molecule has 5 rings (SSSR count). The maximum atomic E-state index is 13.1. The Balaban J connectivity index is 1.39. The van der Waals surface area contributed by atoms with E-state index in [9.17, 15) is 9.59 Å². The van der Waals surface area contributed by atoms with E-state index in [2.05, 4.69) is 15.4 Å². The number of nitrogens with one attached hydrogen (secondary N) is 1. The summed E-state index contributed by atoms with van der Waals surface area (Å²) in [5.41, 5.74) is 1.94. The van der Waals surface area contributed by atoms with Gasteiger partial charge >= 0.3 is 0 Å². The number of rotatable bonds is 4. The van der Waals surface area contributed by atoms with Crippen molar-refractivity contribution in [2.24, 2.45) is 0 Å². The van der Waals surface area contributed by atoms with E-state index in [0.29, 0.717) is 15.8 Å². The second kappa shape index (κ2) is 8.28. The lowest BCUT2D eigenvalue weighted by Gasteiger charge is -2.25. The topological polar surface area (TPSA) is 80.1 Å². The van der Waals surface area contributed by atoms with Crippen LogP contribution in [0.3, 0.4) is 0 Å². The van der Waals surface area contributed by atoms with Crippen LogP contribution in [0.1, 0.15) is 29.8 Å². The number of likely N-dealkylation sites (tertiary alicyclic amines) is 1. The minimum atomic E-state index is -0.254. The summed E-state index contributed by atoms with van der Waals surface area (Å²) in [4.78, 5) is 32.1. The number of hydrogen-bond acceptors (Lipinski definition) is 5. The van der Waals surface area contributed by atoms with E-state index >= 15 is 0 Å². The van der Waals surface area contributed by atoms with Gasteiger partial charge in [-0.05, 0) is 43.5 Å². The molecule has 1 N–H and O–H groups in total. The Morgan fingerprint density at radius 3 is 2.74 bits per heavy atom. The molecule has 0 aliphatic carbocycles. The maximum absolute atomic E-state index is 13.1. The first kappa shape index (κ1) is 20.0. The Morgan fingerprint density at radius 1 is 1.10 bits per heavy atom. The van der Waals surface area contributed by atoms with Crippen LogP contribution in [0.2, 0.25) is 5.02 Å². The van der Waals surface area contributed by atoms with Crippen LogP contribution in [0.5, 0.6) is 0 Å². The fraction of sp³-hybridized carbons (Fsp3) is 0.273. The fourth-order valence-electron chi connectivity index (χ4n) is 3.90. The number of carbonyl (C=O) groups excluding carboxylic acids is 2. The minimum absolute atomic E-state index is 0.00945. The van der Waals surface area contributed by atoms with Crippen LogP contribution in [-0.2, 0) is 11.3 Å². The largest absolute Gasteiger partial charge is 0.337 e. The van der Waals surface area contributed by atoms with E-state index in [1.807, 2.05) is 41.3 Å². The average molecular weight is 454 g/mol. The highest BCUT2D eigenvalue weighted by Gasteiger charge is 2.24. The number of aromatic nitrogens is 3. The molecule has 9 heteroatoms. The van der Waals surface area contributed by atoms with Gasteiger partial charge in [-0.15, -0.1) is 0 Å². The summed E-state index contributed by atoms with van der Waals surface area (Å²) in [7, 11) is 0. The van der Waals surface area contributed by atoms with E-state index in [-0.39, 0.29) is 18.4 Å². The SMILES string of the molecule is O=C(Cn1nc(C(=O)N2CCCCC2)c2ccccc21)Nc1nc2ccc(Cl)cc2s1. The number of benzene rings is 2. The first-order chi connectivity index (χ1) is 15.1. The van der Waals surface area contributed by atoms with E-state index in [1.54, 1.807) is 10.7 Å². The molecule has 3 heterocycles. The van der Waals surface area contributed by atoms with Crippen molar-refractivity contribution in [2.45, 2.75) is 25.8 Å². The van der Waals surface area contributed by atoms with Crippen molar-refractivity contribution in [3.05, 3.63) is 53.2 Å². The highest BCUT2D eigenvalue weighted by atomic mass is 35.5. The minimum Gasteiger partial charge on any atom is -0.337 e. The van der Waals surface area contributed by atoms with E-state index in [1.165, 1.54) is 11.3 Å². The molecule has 2 aromatic carbocycles. The number of fused-ring (bicyclic) bond motifs is 2. The molecule has 2 amide bonds. The van der Waals surface area contributed by atoms with Gasteiger partial charge in [0.1, 0.15) is 6.54 Å². The van der Waals surface area contributed by atoms with Gasteiger partial charge in [-0.3, -0.25) is 14.3 Å². The zero-order valence-electron chi connectivity index (χ0n) is 16.7. The lowest BCUT2D eigenvalue weighted by atomic mass is 10.1. The van der Waals surface area contributed by atoms with Gasteiger partial charge in [-0.25, -0.2) is 4.98 Å². The predicted molar refractivity (Wildman–Crippen MR) is 123 cm³/mol. The van der Waals surface area contributed by atoms with Crippen LogP contribution < -0.4 is 5.32 Å². The molecule has 0 spiro atoms. The van der Waals surface area contributed by atoms with Crippen molar-refractivity contribution in [3.8, 4) is 0 Å². The van der Waals surface area contributed by atoms with Gasteiger partial charge in [0.25, 0.3) is 5.91 Å². The molecular weight excluding hydrogens is 434 g/mol. The third-order valence-electron chi connectivity index (χ3n) is 5.39. The quantitative estimate of drug-likeness (QED) is 0.491. The second-order valence-electron chi connectivity index (χ2n) is 7.56. The molecule has 0 saturated carbocycles. The summed E-state index contributed by atoms with van der Waals surface area (Å²) >= 11 is 7.39. The fourth-order valence-corrected chi connectivity index (χ4v) is 5.06. The van der Waals surface area contributed by atoms with Gasteiger partial charge in [0.05, 0.1) is 15.7 Å². The molecular formula is C22H20ClN5O2S. The van der Waals surface area contributed by atoms with Gasteiger partial charge in [-0.2, -0.15) is 5.10 Å². The number of nitrogens with zero attached hydrogens (tertiary/aromatic N) is 4. The van der Waals surface area contributed by atoms with Crippen LogP contribution in [0.4, 0.5) is 5.13 Å². The zero-order valence-corrected chi connectivity index (χ0v) is 18.2. The van der Waals surface area contributed by atoms with Crippen LogP contribution in [0.15, 0.2) is 42.5 Å². The van der Waals surface area contributed by atoms with Crippen LogP contribution >= 0.6 is 22.9 Å². The third-order valence-corrected chi connectivity index (χ3v) is 6.56. The molecule has 1 fully saturated rings. The first-order valence-electron chi connectivity index (χ1n) is 10.2. The Labute approximate surface area is 187 Å². The predicted octanol–water partition coefficient (Wildman–Crippen LogP) is 4.56. The molecule has 0 unspecified atom stereocenters. The van der Waals surface area contributed by atoms with Crippen molar-refractivity contribution in [3.63, 3.8) is 0 Å². The third kappa shape index (κ3) is 4.00. The van der Waals surface area contributed by atoms with Crippen molar-refractivity contribution in [2.75, 3.05) is 18.4 Å². The standard InChI is InChI=1S/C22H20ClN5O2S/c23-14-8-9-16-18(12-14)31-22(24-16)25-19(29)13-28-17-7-3-2-6-15(17)20(26-28)21(30)27-10-4-1-5-11-27/h2-3,6-9,12H,1,4-5,10-11,13H2,(H,24,25,29). The van der Waals surface area contributed by atoms with E-state index in [0.717, 1.165) is 53.5 Å². The van der Waals surface area contributed by atoms with Gasteiger partial charge in [-0.1, -0.05) is 41.1 Å². The molecule has 7 nitrogen and oxygen atoms in total. The second-order valence-corrected chi connectivity index (χ2v) is 9.02. The van der Waals surface area contributed by atoms with Gasteiger partial charge in [0, 0.05) is 23.5 Å². The van der Waals surface area contributed by atoms with Crippen molar-refractivity contribution in [1.82, 2.24) is 19.7 Å². The van der Waals surface area contributed by atoms with Crippen LogP contribution in [0.25, 0.3) is 21.1 Å². The van der Waals surface area contributed by atoms with E-state index in [4.69, 9.17) is 11.6 Å². The van der Waals surface area contributed by atoms with Gasteiger partial charge in [0.2, 0.25) is 5.91 Å². The van der Waals surface area contributed by atoms with Gasteiger partial charge < -0.3 is 10.2 Å². The number of thiazole rings is 1. The van der Waals surface area contributed by atoms with Crippen molar-refractivity contribution < 1.29 is 9.59 Å². The molecule has 0 atom stereocenters. The van der Waals surface area contributed by atoms with Crippen molar-refractivity contribution >= 4 is 61.0 Å². The summed E-state index contributed by atoms with van der Waals surface area (Å²) in [5.74, 6) is -0.325. The summed E-state index contributed by atoms with van der Waals surface area (Å²) in [5, 5.41) is 9.26. The van der Waals surface area contributed by atoms with Crippen molar-refractivity contribution in [1.29, 1.82) is 0 Å². The molecule has 31 heavy (non-hydrogen) atoms.